The molecule has 0 bridgehead atoms. The SMILES string of the molecule is CC(C)NCc1ccc([C@@H](C)Oc2cc(-c3cnc4ccc(CO)cn34)sc2C(N)=O)c(Cl)c1. The Morgan fingerprint density at radius 1 is 1.24 bits per heavy atom. The first-order chi connectivity index (χ1) is 16.3. The molecule has 4 rings (SSSR count). The summed E-state index contributed by atoms with van der Waals surface area (Å²) in [6.07, 6.45) is 3.14. The predicted octanol–water partition coefficient (Wildman–Crippen LogP) is 4.95. The average Bonchev–Trinajstić information content (AvgIpc) is 3.41. The van der Waals surface area contributed by atoms with E-state index in [0.717, 1.165) is 39.5 Å². The number of hydrogen-bond acceptors (Lipinski definition) is 6. The van der Waals surface area contributed by atoms with Gasteiger partial charge in [-0.1, -0.05) is 43.6 Å². The number of fused-ring (bicyclic) bond motifs is 1. The number of aromatic nitrogens is 2. The van der Waals surface area contributed by atoms with Crippen LogP contribution < -0.4 is 15.8 Å². The van der Waals surface area contributed by atoms with Crippen LogP contribution in [0.1, 0.15) is 53.2 Å². The molecule has 9 heteroatoms. The molecule has 1 aromatic carbocycles. The van der Waals surface area contributed by atoms with Gasteiger partial charge in [-0.05, 0) is 30.2 Å². The summed E-state index contributed by atoms with van der Waals surface area (Å²) in [5.41, 5.74) is 9.83. The van der Waals surface area contributed by atoms with Crippen molar-refractivity contribution in [3.63, 3.8) is 0 Å². The summed E-state index contributed by atoms with van der Waals surface area (Å²) in [5, 5.41) is 13.5. The van der Waals surface area contributed by atoms with Crippen LogP contribution in [0.4, 0.5) is 0 Å². The third-order valence-electron chi connectivity index (χ3n) is 5.44. The summed E-state index contributed by atoms with van der Waals surface area (Å²) in [7, 11) is 0. The van der Waals surface area contributed by atoms with Crippen LogP contribution in [0.25, 0.3) is 16.2 Å². The molecule has 0 aliphatic rings. The summed E-state index contributed by atoms with van der Waals surface area (Å²) < 4.78 is 8.06. The zero-order chi connectivity index (χ0) is 24.4. The van der Waals surface area contributed by atoms with Gasteiger partial charge in [0.15, 0.2) is 0 Å². The van der Waals surface area contributed by atoms with E-state index in [1.165, 1.54) is 11.3 Å². The molecule has 34 heavy (non-hydrogen) atoms. The fraction of sp³-hybridized carbons (Fsp3) is 0.280. The standard InChI is InChI=1S/C25H27ClN4O3S/c1-14(2)28-10-16-4-6-18(19(26)8-16)15(3)33-21-9-22(34-24(21)25(27)32)20-11-29-23-7-5-17(13-31)12-30(20)23/h4-9,11-12,14-15,28,31H,10,13H2,1-3H3,(H2,27,32)/t15-/m1/s1. The van der Waals surface area contributed by atoms with Crippen molar-refractivity contribution in [2.45, 2.75) is 46.1 Å². The number of aliphatic hydroxyl groups is 1. The smallest absolute Gasteiger partial charge is 0.262 e. The van der Waals surface area contributed by atoms with Crippen LogP contribution in [0.15, 0.2) is 48.8 Å². The Balaban J connectivity index is 1.62. The van der Waals surface area contributed by atoms with Crippen LogP contribution in [0, 0.1) is 0 Å². The maximum Gasteiger partial charge on any atom is 0.262 e. The molecule has 0 aliphatic heterocycles. The normalized spacial score (nSPS) is 12.4. The molecule has 1 amide bonds. The number of carbonyl (C=O) groups excluding carboxylic acids is 1. The molecule has 3 aromatic heterocycles. The first-order valence-electron chi connectivity index (χ1n) is 11.0. The summed E-state index contributed by atoms with van der Waals surface area (Å²) in [6, 6.07) is 11.7. The Morgan fingerprint density at radius 3 is 2.68 bits per heavy atom. The molecule has 0 saturated carbocycles. The minimum Gasteiger partial charge on any atom is -0.484 e. The summed E-state index contributed by atoms with van der Waals surface area (Å²) in [6.45, 7) is 6.72. The minimum atomic E-state index is -0.565. The first-order valence-corrected chi connectivity index (χ1v) is 12.2. The van der Waals surface area contributed by atoms with E-state index < -0.39 is 12.0 Å². The van der Waals surface area contributed by atoms with Crippen LogP contribution in [0.2, 0.25) is 5.02 Å². The Kier molecular flexibility index (Phi) is 7.23. The lowest BCUT2D eigenvalue weighted by Crippen LogP contribution is -2.21. The number of imidazole rings is 1. The predicted molar refractivity (Wildman–Crippen MR) is 135 cm³/mol. The van der Waals surface area contributed by atoms with Gasteiger partial charge in [-0.3, -0.25) is 9.20 Å². The van der Waals surface area contributed by atoms with Crippen molar-refractivity contribution in [2.24, 2.45) is 5.73 Å². The third kappa shape index (κ3) is 5.10. The molecule has 7 nitrogen and oxygen atoms in total. The fourth-order valence-corrected chi connectivity index (χ4v) is 4.95. The molecule has 0 fully saturated rings. The van der Waals surface area contributed by atoms with Crippen molar-refractivity contribution in [3.05, 3.63) is 75.4 Å². The zero-order valence-corrected chi connectivity index (χ0v) is 20.8. The van der Waals surface area contributed by atoms with E-state index in [1.807, 2.05) is 47.9 Å². The second-order valence-corrected chi connectivity index (χ2v) is 9.85. The van der Waals surface area contributed by atoms with Crippen molar-refractivity contribution >= 4 is 34.5 Å². The number of thiophene rings is 1. The molecule has 4 N–H and O–H groups in total. The molecule has 178 valence electrons. The van der Waals surface area contributed by atoms with Gasteiger partial charge >= 0.3 is 0 Å². The molecular formula is C25H27ClN4O3S. The van der Waals surface area contributed by atoms with Gasteiger partial charge in [0.25, 0.3) is 5.91 Å². The highest BCUT2D eigenvalue weighted by Crippen LogP contribution is 2.39. The lowest BCUT2D eigenvalue weighted by Gasteiger charge is -2.17. The van der Waals surface area contributed by atoms with Crippen LogP contribution in [-0.2, 0) is 13.2 Å². The van der Waals surface area contributed by atoms with Crippen molar-refractivity contribution in [1.29, 1.82) is 0 Å². The summed E-state index contributed by atoms with van der Waals surface area (Å²) in [4.78, 5) is 17.7. The summed E-state index contributed by atoms with van der Waals surface area (Å²) in [5.74, 6) is -0.167. The van der Waals surface area contributed by atoms with Gasteiger partial charge in [0.1, 0.15) is 22.4 Å². The lowest BCUT2D eigenvalue weighted by atomic mass is 10.1. The maximum absolute atomic E-state index is 12.2. The molecule has 0 saturated heterocycles. The highest BCUT2D eigenvalue weighted by atomic mass is 35.5. The number of amides is 1. The zero-order valence-electron chi connectivity index (χ0n) is 19.2. The van der Waals surface area contributed by atoms with E-state index in [2.05, 4.69) is 24.1 Å². The number of rotatable bonds is 9. The molecule has 0 spiro atoms. The Labute approximate surface area is 207 Å². The molecule has 0 radical (unpaired) electrons. The number of primary amides is 1. The van der Waals surface area contributed by atoms with E-state index >= 15 is 0 Å². The highest BCUT2D eigenvalue weighted by Gasteiger charge is 2.21. The number of nitrogens with zero attached hydrogens (tertiary/aromatic N) is 2. The maximum atomic E-state index is 12.2. The monoisotopic (exact) mass is 498 g/mol. The van der Waals surface area contributed by atoms with E-state index in [9.17, 15) is 9.90 Å². The number of nitrogens with two attached hydrogens (primary N) is 1. The Hall–Kier alpha value is -2.91. The quantitative estimate of drug-likeness (QED) is 0.303. The van der Waals surface area contributed by atoms with Crippen molar-refractivity contribution in [1.82, 2.24) is 14.7 Å². The number of halogens is 1. The molecule has 0 aliphatic carbocycles. The van der Waals surface area contributed by atoms with Crippen molar-refractivity contribution < 1.29 is 14.6 Å². The average molecular weight is 499 g/mol. The Morgan fingerprint density at radius 2 is 2.00 bits per heavy atom. The second-order valence-electron chi connectivity index (χ2n) is 8.39. The van der Waals surface area contributed by atoms with Gasteiger partial charge in [0.05, 0.1) is 23.4 Å². The molecular weight excluding hydrogens is 472 g/mol. The van der Waals surface area contributed by atoms with Crippen LogP contribution >= 0.6 is 22.9 Å². The van der Waals surface area contributed by atoms with Gasteiger partial charge in [-0.15, -0.1) is 11.3 Å². The van der Waals surface area contributed by atoms with Crippen molar-refractivity contribution in [2.75, 3.05) is 0 Å². The van der Waals surface area contributed by atoms with Crippen LogP contribution in [0.3, 0.4) is 0 Å². The lowest BCUT2D eigenvalue weighted by molar-refractivity contribution is 0.0998. The van der Waals surface area contributed by atoms with Crippen molar-refractivity contribution in [3.8, 4) is 16.3 Å². The van der Waals surface area contributed by atoms with E-state index in [4.69, 9.17) is 22.1 Å². The van der Waals surface area contributed by atoms with E-state index in [1.54, 1.807) is 12.3 Å². The van der Waals surface area contributed by atoms with E-state index in [-0.39, 0.29) is 6.61 Å². The number of aliphatic hydroxyl groups excluding tert-OH is 1. The second kappa shape index (κ2) is 10.1. The minimum absolute atomic E-state index is 0.0799. The largest absolute Gasteiger partial charge is 0.484 e. The Bertz CT molecular complexity index is 1330. The fourth-order valence-electron chi connectivity index (χ4n) is 3.65. The number of carbonyl (C=O) groups is 1. The third-order valence-corrected chi connectivity index (χ3v) is 6.93. The number of hydrogen-bond donors (Lipinski definition) is 3. The van der Waals surface area contributed by atoms with Crippen LogP contribution in [0.5, 0.6) is 5.75 Å². The number of pyridine rings is 1. The van der Waals surface area contributed by atoms with Gasteiger partial charge in [0.2, 0.25) is 0 Å². The van der Waals surface area contributed by atoms with Gasteiger partial charge in [-0.25, -0.2) is 4.98 Å². The first kappa shape index (κ1) is 24.2. The molecule has 4 aromatic rings. The number of nitrogens with one attached hydrogen (secondary N) is 1. The van der Waals surface area contributed by atoms with Gasteiger partial charge < -0.3 is 20.9 Å². The topological polar surface area (TPSA) is 102 Å². The number of benzene rings is 1. The summed E-state index contributed by atoms with van der Waals surface area (Å²) >= 11 is 7.80. The van der Waals surface area contributed by atoms with E-state index in [0.29, 0.717) is 21.7 Å². The molecule has 3 heterocycles. The van der Waals surface area contributed by atoms with Crippen LogP contribution in [-0.4, -0.2) is 26.4 Å². The number of ether oxygens (including phenoxy) is 1. The molecule has 1 atom stereocenters. The highest BCUT2D eigenvalue weighted by molar-refractivity contribution is 7.17. The molecule has 0 unspecified atom stereocenters. The van der Waals surface area contributed by atoms with Gasteiger partial charge in [-0.2, -0.15) is 0 Å². The van der Waals surface area contributed by atoms with Gasteiger partial charge in [0, 0.05) is 35.4 Å².